The highest BCUT2D eigenvalue weighted by molar-refractivity contribution is 5.32. The normalized spacial score (nSPS) is 10.5. The van der Waals surface area contributed by atoms with Gasteiger partial charge in [-0.25, -0.2) is 9.13 Å². The second-order valence-corrected chi connectivity index (χ2v) is 5.10. The van der Waals surface area contributed by atoms with Crippen molar-refractivity contribution in [1.82, 2.24) is 0 Å². The van der Waals surface area contributed by atoms with Crippen LogP contribution >= 0.6 is 0 Å². The van der Waals surface area contributed by atoms with Gasteiger partial charge in [-0.1, -0.05) is 12.1 Å². The summed E-state index contributed by atoms with van der Waals surface area (Å²) in [7, 11) is 0. The minimum atomic E-state index is 0.315. The molecular weight excluding hydrogens is 260 g/mol. The lowest BCUT2D eigenvalue weighted by molar-refractivity contribution is -0.689. The van der Waals surface area contributed by atoms with Gasteiger partial charge in [0.05, 0.1) is 0 Å². The van der Waals surface area contributed by atoms with Gasteiger partial charge in [0.1, 0.15) is 5.75 Å². The SMILES string of the molecule is Oc1cc(C[n+]2ccccc2)cc(C[n+]2ccccc2)c1. The first kappa shape index (κ1) is 13.3. The minimum Gasteiger partial charge on any atom is -0.508 e. The van der Waals surface area contributed by atoms with Crippen LogP contribution in [0.3, 0.4) is 0 Å². The largest absolute Gasteiger partial charge is 0.508 e. The third-order valence-electron chi connectivity index (χ3n) is 3.32. The van der Waals surface area contributed by atoms with Crippen molar-refractivity contribution in [3.05, 3.63) is 90.5 Å². The first-order valence-electron chi connectivity index (χ1n) is 6.99. The second-order valence-electron chi connectivity index (χ2n) is 5.10. The number of hydrogen-bond acceptors (Lipinski definition) is 1. The molecule has 0 saturated carbocycles. The molecule has 0 atom stereocenters. The summed E-state index contributed by atoms with van der Waals surface area (Å²) in [4.78, 5) is 0. The van der Waals surface area contributed by atoms with Gasteiger partial charge in [-0.05, 0) is 18.2 Å². The molecule has 0 aliphatic rings. The molecule has 0 spiro atoms. The predicted octanol–water partition coefficient (Wildman–Crippen LogP) is 2.06. The molecule has 3 heteroatoms. The average molecular weight is 278 g/mol. The number of nitrogens with zero attached hydrogens (tertiary/aromatic N) is 2. The lowest BCUT2D eigenvalue weighted by Gasteiger charge is -2.03. The van der Waals surface area contributed by atoms with Crippen LogP contribution in [0.15, 0.2) is 79.4 Å². The Morgan fingerprint density at radius 3 is 1.48 bits per heavy atom. The first-order chi connectivity index (χ1) is 10.3. The molecule has 21 heavy (non-hydrogen) atoms. The average Bonchev–Trinajstić information content (AvgIpc) is 2.48. The molecule has 2 heterocycles. The van der Waals surface area contributed by atoms with E-state index in [2.05, 4.69) is 15.2 Å². The summed E-state index contributed by atoms with van der Waals surface area (Å²) >= 11 is 0. The Morgan fingerprint density at radius 2 is 1.05 bits per heavy atom. The molecule has 0 radical (unpaired) electrons. The van der Waals surface area contributed by atoms with Gasteiger partial charge in [0.25, 0.3) is 0 Å². The molecule has 0 amide bonds. The third kappa shape index (κ3) is 3.66. The molecule has 0 fully saturated rings. The van der Waals surface area contributed by atoms with Crippen molar-refractivity contribution in [2.24, 2.45) is 0 Å². The van der Waals surface area contributed by atoms with E-state index in [1.807, 2.05) is 73.3 Å². The number of aromatic nitrogens is 2. The van der Waals surface area contributed by atoms with Crippen LogP contribution < -0.4 is 9.13 Å². The van der Waals surface area contributed by atoms with Crippen LogP contribution in [0.1, 0.15) is 11.1 Å². The van der Waals surface area contributed by atoms with E-state index in [1.54, 1.807) is 0 Å². The Morgan fingerprint density at radius 1 is 0.619 bits per heavy atom. The monoisotopic (exact) mass is 278 g/mol. The van der Waals surface area contributed by atoms with Crippen molar-refractivity contribution in [2.45, 2.75) is 13.1 Å². The maximum Gasteiger partial charge on any atom is 0.173 e. The van der Waals surface area contributed by atoms with Gasteiger partial charge in [0, 0.05) is 35.4 Å². The van der Waals surface area contributed by atoms with E-state index in [4.69, 9.17) is 0 Å². The van der Waals surface area contributed by atoms with Gasteiger partial charge < -0.3 is 5.11 Å². The quantitative estimate of drug-likeness (QED) is 0.727. The van der Waals surface area contributed by atoms with E-state index in [9.17, 15) is 5.11 Å². The Bertz CT molecular complexity index is 652. The Kier molecular flexibility index (Phi) is 3.92. The molecule has 3 aromatic rings. The number of benzene rings is 1. The zero-order valence-corrected chi connectivity index (χ0v) is 11.8. The van der Waals surface area contributed by atoms with E-state index < -0.39 is 0 Å². The molecule has 0 unspecified atom stereocenters. The summed E-state index contributed by atoms with van der Waals surface area (Å²) in [6.07, 6.45) is 8.09. The Hall–Kier alpha value is -2.68. The van der Waals surface area contributed by atoms with Gasteiger partial charge in [-0.3, -0.25) is 0 Å². The standard InChI is InChI=1S/C18H17N2O/c21-18-12-16(14-19-7-3-1-4-8-19)11-17(13-18)15-20-9-5-2-6-10-20/h1-13H,14-15H2/q+1/p+1. The summed E-state index contributed by atoms with van der Waals surface area (Å²) in [5.74, 6) is 0.315. The lowest BCUT2D eigenvalue weighted by atomic mass is 10.1. The Balaban J connectivity index is 1.83. The molecular formula is C18H18N2O+2. The molecule has 1 N–H and O–H groups in total. The van der Waals surface area contributed by atoms with Crippen molar-refractivity contribution in [2.75, 3.05) is 0 Å². The van der Waals surface area contributed by atoms with Crippen molar-refractivity contribution >= 4 is 0 Å². The highest BCUT2D eigenvalue weighted by atomic mass is 16.3. The van der Waals surface area contributed by atoms with Gasteiger partial charge in [-0.2, -0.15) is 0 Å². The highest BCUT2D eigenvalue weighted by Crippen LogP contribution is 2.15. The van der Waals surface area contributed by atoms with Crippen molar-refractivity contribution < 1.29 is 14.2 Å². The maximum absolute atomic E-state index is 9.93. The number of phenols is 1. The van der Waals surface area contributed by atoms with E-state index >= 15 is 0 Å². The minimum absolute atomic E-state index is 0.315. The molecule has 0 aliphatic carbocycles. The summed E-state index contributed by atoms with van der Waals surface area (Å²) in [5, 5.41) is 9.93. The molecule has 0 saturated heterocycles. The fourth-order valence-electron chi connectivity index (χ4n) is 2.43. The zero-order valence-electron chi connectivity index (χ0n) is 11.8. The van der Waals surface area contributed by atoms with Crippen molar-refractivity contribution in [3.8, 4) is 5.75 Å². The fourth-order valence-corrected chi connectivity index (χ4v) is 2.43. The van der Waals surface area contributed by atoms with Gasteiger partial charge >= 0.3 is 0 Å². The summed E-state index contributed by atoms with van der Waals surface area (Å²) in [6.45, 7) is 1.50. The third-order valence-corrected chi connectivity index (χ3v) is 3.32. The summed E-state index contributed by atoms with van der Waals surface area (Å²) in [6, 6.07) is 17.8. The molecule has 104 valence electrons. The predicted molar refractivity (Wildman–Crippen MR) is 79.6 cm³/mol. The number of pyridine rings is 2. The van der Waals surface area contributed by atoms with Crippen LogP contribution in [0, 0.1) is 0 Å². The van der Waals surface area contributed by atoms with Crippen LogP contribution in [0.4, 0.5) is 0 Å². The number of aromatic hydroxyl groups is 1. The maximum atomic E-state index is 9.93. The van der Waals surface area contributed by atoms with Crippen LogP contribution in [0.2, 0.25) is 0 Å². The second kappa shape index (κ2) is 6.18. The number of hydrogen-bond donors (Lipinski definition) is 1. The number of rotatable bonds is 4. The summed E-state index contributed by atoms with van der Waals surface area (Å²) < 4.78 is 4.18. The van der Waals surface area contributed by atoms with Crippen LogP contribution in [-0.4, -0.2) is 5.11 Å². The van der Waals surface area contributed by atoms with Gasteiger partial charge in [0.15, 0.2) is 37.9 Å². The molecule has 3 nitrogen and oxygen atoms in total. The van der Waals surface area contributed by atoms with Gasteiger partial charge in [0.2, 0.25) is 0 Å². The Labute approximate surface area is 124 Å². The zero-order chi connectivity index (χ0) is 14.5. The van der Waals surface area contributed by atoms with Crippen molar-refractivity contribution in [3.63, 3.8) is 0 Å². The van der Waals surface area contributed by atoms with E-state index in [0.717, 1.165) is 24.2 Å². The van der Waals surface area contributed by atoms with Crippen molar-refractivity contribution in [1.29, 1.82) is 0 Å². The van der Waals surface area contributed by atoms with Crippen LogP contribution in [0.25, 0.3) is 0 Å². The van der Waals surface area contributed by atoms with Crippen LogP contribution in [-0.2, 0) is 13.1 Å². The molecule has 0 aliphatic heterocycles. The lowest BCUT2D eigenvalue weighted by Crippen LogP contribution is -2.34. The first-order valence-corrected chi connectivity index (χ1v) is 6.99. The fraction of sp³-hybridized carbons (Fsp3) is 0.111. The smallest absolute Gasteiger partial charge is 0.173 e. The number of phenolic OH excluding ortho intramolecular Hbond substituents is 1. The van der Waals surface area contributed by atoms with E-state index in [-0.39, 0.29) is 0 Å². The molecule has 1 aromatic carbocycles. The molecule has 2 aromatic heterocycles. The van der Waals surface area contributed by atoms with Crippen LogP contribution in [0.5, 0.6) is 5.75 Å². The van der Waals surface area contributed by atoms with E-state index in [1.165, 1.54) is 0 Å². The van der Waals surface area contributed by atoms with E-state index in [0.29, 0.717) is 5.75 Å². The highest BCUT2D eigenvalue weighted by Gasteiger charge is 2.08. The topological polar surface area (TPSA) is 28.0 Å². The van der Waals surface area contributed by atoms with Gasteiger partial charge in [-0.15, -0.1) is 0 Å². The summed E-state index contributed by atoms with van der Waals surface area (Å²) in [5.41, 5.74) is 2.19. The molecule has 3 rings (SSSR count). The molecule has 0 bridgehead atoms.